The van der Waals surface area contributed by atoms with Crippen LogP contribution in [0.4, 0.5) is 0 Å². The summed E-state index contributed by atoms with van der Waals surface area (Å²) in [6.07, 6.45) is -0.631. The molecule has 120 valence electrons. The molecule has 0 saturated carbocycles. The van der Waals surface area contributed by atoms with Gasteiger partial charge in [0.05, 0.1) is 28.1 Å². The molecule has 0 bridgehead atoms. The second kappa shape index (κ2) is 6.37. The number of aromatic nitrogens is 3. The number of nitrogens with one attached hydrogen (secondary N) is 1. The molecule has 3 rings (SSSR count). The number of hydrogen-bond donors (Lipinski definition) is 1. The third-order valence-electron chi connectivity index (χ3n) is 3.49. The van der Waals surface area contributed by atoms with Crippen molar-refractivity contribution >= 4 is 28.1 Å². The molecule has 2 aromatic heterocycles. The number of para-hydroxylation sites is 1. The van der Waals surface area contributed by atoms with E-state index >= 15 is 0 Å². The van der Waals surface area contributed by atoms with E-state index in [9.17, 15) is 4.79 Å². The van der Waals surface area contributed by atoms with E-state index in [-0.39, 0.29) is 5.91 Å². The molecule has 0 spiro atoms. The summed E-state index contributed by atoms with van der Waals surface area (Å²) in [5.41, 5.74) is 1.82. The smallest absolute Gasteiger partial charge is 0.261 e. The van der Waals surface area contributed by atoms with Crippen molar-refractivity contribution in [2.24, 2.45) is 7.05 Å². The lowest BCUT2D eigenvalue weighted by Gasteiger charge is -2.12. The molecule has 3 aromatic rings. The molecule has 0 aliphatic heterocycles. The van der Waals surface area contributed by atoms with Crippen LogP contribution in [-0.2, 0) is 18.4 Å². The number of ether oxygens (including phenoxy) is 1. The van der Waals surface area contributed by atoms with Gasteiger partial charge >= 0.3 is 0 Å². The largest absolute Gasteiger partial charge is 0.463 e. The first-order valence-electron chi connectivity index (χ1n) is 7.31. The van der Waals surface area contributed by atoms with Crippen LogP contribution in [0.15, 0.2) is 29.6 Å². The Morgan fingerprint density at radius 2 is 2.22 bits per heavy atom. The SMILES string of the molecule is Cc1nc(CNC(=O)[C@@H](C)Oc2nn(C)c3ccccc23)cs1. The normalized spacial score (nSPS) is 12.3. The van der Waals surface area contributed by atoms with Crippen molar-refractivity contribution in [3.05, 3.63) is 40.3 Å². The number of carbonyl (C=O) groups excluding carboxylic acids is 1. The molecule has 0 saturated heterocycles. The van der Waals surface area contributed by atoms with Crippen LogP contribution in [0.25, 0.3) is 10.9 Å². The highest BCUT2D eigenvalue weighted by atomic mass is 32.1. The molecule has 6 nitrogen and oxygen atoms in total. The topological polar surface area (TPSA) is 69.0 Å². The molecule has 0 aliphatic rings. The molecule has 0 unspecified atom stereocenters. The number of carbonyl (C=O) groups is 1. The monoisotopic (exact) mass is 330 g/mol. The number of amides is 1. The fraction of sp³-hybridized carbons (Fsp3) is 0.312. The first-order valence-corrected chi connectivity index (χ1v) is 8.19. The molecule has 1 atom stereocenters. The lowest BCUT2D eigenvalue weighted by Crippen LogP contribution is -2.36. The maximum absolute atomic E-state index is 12.2. The molecule has 7 heteroatoms. The van der Waals surface area contributed by atoms with E-state index in [0.29, 0.717) is 12.4 Å². The van der Waals surface area contributed by atoms with E-state index in [0.717, 1.165) is 21.6 Å². The minimum Gasteiger partial charge on any atom is -0.463 e. The van der Waals surface area contributed by atoms with Crippen molar-refractivity contribution in [3.8, 4) is 5.88 Å². The quantitative estimate of drug-likeness (QED) is 0.780. The van der Waals surface area contributed by atoms with E-state index in [1.54, 1.807) is 22.9 Å². The molecular formula is C16H18N4O2S. The van der Waals surface area contributed by atoms with Crippen LogP contribution in [-0.4, -0.2) is 26.8 Å². The van der Waals surface area contributed by atoms with Gasteiger partial charge < -0.3 is 10.1 Å². The summed E-state index contributed by atoms with van der Waals surface area (Å²) in [5.74, 6) is 0.278. The highest BCUT2D eigenvalue weighted by molar-refractivity contribution is 7.09. The predicted octanol–water partition coefficient (Wildman–Crippen LogP) is 2.42. The van der Waals surface area contributed by atoms with Gasteiger partial charge in [-0.1, -0.05) is 12.1 Å². The third kappa shape index (κ3) is 3.34. The number of aryl methyl sites for hydroxylation is 2. The molecular weight excluding hydrogens is 312 g/mol. The minimum absolute atomic E-state index is 0.189. The second-order valence-electron chi connectivity index (χ2n) is 5.28. The molecule has 0 aliphatic carbocycles. The van der Waals surface area contributed by atoms with Crippen molar-refractivity contribution in [1.82, 2.24) is 20.1 Å². The molecule has 2 heterocycles. The first kappa shape index (κ1) is 15.5. The van der Waals surface area contributed by atoms with Crippen LogP contribution in [0, 0.1) is 6.92 Å². The number of thiazole rings is 1. The van der Waals surface area contributed by atoms with Crippen LogP contribution in [0.3, 0.4) is 0 Å². The maximum Gasteiger partial charge on any atom is 0.261 e. The summed E-state index contributed by atoms with van der Waals surface area (Å²) in [6, 6.07) is 7.76. The summed E-state index contributed by atoms with van der Waals surface area (Å²) >= 11 is 1.56. The van der Waals surface area contributed by atoms with Crippen LogP contribution in [0.1, 0.15) is 17.6 Å². The van der Waals surface area contributed by atoms with Gasteiger partial charge in [-0.3, -0.25) is 9.48 Å². The number of hydrogen-bond acceptors (Lipinski definition) is 5. The van der Waals surface area contributed by atoms with Gasteiger partial charge in [-0.05, 0) is 26.0 Å². The molecule has 1 aromatic carbocycles. The fourth-order valence-electron chi connectivity index (χ4n) is 2.30. The highest BCUT2D eigenvalue weighted by Crippen LogP contribution is 2.24. The van der Waals surface area contributed by atoms with Crippen molar-refractivity contribution in [1.29, 1.82) is 0 Å². The van der Waals surface area contributed by atoms with Gasteiger partial charge in [-0.25, -0.2) is 4.98 Å². The van der Waals surface area contributed by atoms with E-state index in [1.807, 2.05) is 43.6 Å². The van der Waals surface area contributed by atoms with Gasteiger partial charge in [0.25, 0.3) is 5.91 Å². The Morgan fingerprint density at radius 3 is 2.96 bits per heavy atom. The Morgan fingerprint density at radius 1 is 1.43 bits per heavy atom. The van der Waals surface area contributed by atoms with Crippen LogP contribution in [0.2, 0.25) is 0 Å². The Hall–Kier alpha value is -2.41. The standard InChI is InChI=1S/C16H18N4O2S/c1-10(15(21)17-8-12-9-23-11(2)18-12)22-16-13-6-4-5-7-14(13)20(3)19-16/h4-7,9-10H,8H2,1-3H3,(H,17,21)/t10-/m1/s1. The van der Waals surface area contributed by atoms with E-state index in [4.69, 9.17) is 4.74 Å². The number of rotatable bonds is 5. The van der Waals surface area contributed by atoms with Gasteiger partial charge in [0.1, 0.15) is 0 Å². The number of fused-ring (bicyclic) bond motifs is 1. The van der Waals surface area contributed by atoms with E-state index < -0.39 is 6.10 Å². The Bertz CT molecular complexity index is 840. The minimum atomic E-state index is -0.631. The number of benzene rings is 1. The molecule has 1 amide bonds. The van der Waals surface area contributed by atoms with Gasteiger partial charge in [0, 0.05) is 12.4 Å². The third-order valence-corrected chi connectivity index (χ3v) is 4.31. The van der Waals surface area contributed by atoms with Crippen molar-refractivity contribution in [3.63, 3.8) is 0 Å². The zero-order valence-electron chi connectivity index (χ0n) is 13.2. The lowest BCUT2D eigenvalue weighted by atomic mass is 10.2. The first-order chi connectivity index (χ1) is 11.0. The van der Waals surface area contributed by atoms with Crippen molar-refractivity contribution in [2.75, 3.05) is 0 Å². The Labute approximate surface area is 138 Å². The summed E-state index contributed by atoms with van der Waals surface area (Å²) in [5, 5.41) is 11.0. The number of nitrogens with zero attached hydrogens (tertiary/aromatic N) is 3. The molecule has 0 radical (unpaired) electrons. The van der Waals surface area contributed by atoms with Gasteiger partial charge in [0.15, 0.2) is 6.10 Å². The molecule has 1 N–H and O–H groups in total. The predicted molar refractivity (Wildman–Crippen MR) is 89.5 cm³/mol. The molecule has 0 fully saturated rings. The van der Waals surface area contributed by atoms with Crippen molar-refractivity contribution in [2.45, 2.75) is 26.5 Å². The maximum atomic E-state index is 12.2. The lowest BCUT2D eigenvalue weighted by molar-refractivity contribution is -0.127. The van der Waals surface area contributed by atoms with Crippen LogP contribution < -0.4 is 10.1 Å². The van der Waals surface area contributed by atoms with Gasteiger partial charge in [-0.2, -0.15) is 0 Å². The van der Waals surface area contributed by atoms with Crippen LogP contribution >= 0.6 is 11.3 Å². The van der Waals surface area contributed by atoms with Gasteiger partial charge in [0.2, 0.25) is 5.88 Å². The summed E-state index contributed by atoms with van der Waals surface area (Å²) in [4.78, 5) is 16.5. The zero-order chi connectivity index (χ0) is 16.4. The highest BCUT2D eigenvalue weighted by Gasteiger charge is 2.18. The van der Waals surface area contributed by atoms with E-state index in [2.05, 4.69) is 15.4 Å². The van der Waals surface area contributed by atoms with Gasteiger partial charge in [-0.15, -0.1) is 16.4 Å². The zero-order valence-corrected chi connectivity index (χ0v) is 14.1. The average Bonchev–Trinajstić information content (AvgIpc) is 3.09. The Balaban J connectivity index is 1.65. The molecule has 23 heavy (non-hydrogen) atoms. The summed E-state index contributed by atoms with van der Waals surface area (Å²) in [6.45, 7) is 4.05. The van der Waals surface area contributed by atoms with Crippen LogP contribution in [0.5, 0.6) is 5.88 Å². The fourth-order valence-corrected chi connectivity index (χ4v) is 2.91. The summed E-state index contributed by atoms with van der Waals surface area (Å²) in [7, 11) is 1.85. The van der Waals surface area contributed by atoms with Crippen molar-refractivity contribution < 1.29 is 9.53 Å². The Kier molecular flexibility index (Phi) is 4.29. The average molecular weight is 330 g/mol. The van der Waals surface area contributed by atoms with E-state index in [1.165, 1.54) is 0 Å². The summed E-state index contributed by atoms with van der Waals surface area (Å²) < 4.78 is 7.49. The second-order valence-corrected chi connectivity index (χ2v) is 6.34.